The first kappa shape index (κ1) is 13.8. The maximum absolute atomic E-state index is 11.7. The van der Waals surface area contributed by atoms with Crippen LogP contribution in [-0.4, -0.2) is 18.1 Å². The number of ether oxygens (including phenoxy) is 1. The molecule has 0 unspecified atom stereocenters. The van der Waals surface area contributed by atoms with Gasteiger partial charge in [-0.25, -0.2) is 9.78 Å². The van der Waals surface area contributed by atoms with Gasteiger partial charge in [0.05, 0.1) is 24.9 Å². The molecular weight excluding hydrogens is 284 g/mol. The normalized spacial score (nSPS) is 10.3. The Labute approximate surface area is 120 Å². The van der Waals surface area contributed by atoms with Crippen LogP contribution in [0.5, 0.6) is 0 Å². The number of thiazole rings is 1. The number of carbonyl (C=O) groups excluding carboxylic acids is 1. The fourth-order valence-electron chi connectivity index (χ4n) is 1.72. The Morgan fingerprint density at radius 1 is 1.53 bits per heavy atom. The molecule has 0 bridgehead atoms. The van der Waals surface area contributed by atoms with E-state index in [1.54, 1.807) is 12.3 Å². The molecule has 0 fully saturated rings. The van der Waals surface area contributed by atoms with Crippen molar-refractivity contribution in [3.8, 4) is 0 Å². The van der Waals surface area contributed by atoms with Crippen molar-refractivity contribution in [2.45, 2.75) is 13.5 Å². The number of anilines is 1. The van der Waals surface area contributed by atoms with Crippen LogP contribution < -0.4 is 5.32 Å². The third-order valence-electron chi connectivity index (χ3n) is 2.64. The Morgan fingerprint density at radius 3 is 2.95 bits per heavy atom. The van der Waals surface area contributed by atoms with Gasteiger partial charge in [-0.1, -0.05) is 23.7 Å². The summed E-state index contributed by atoms with van der Waals surface area (Å²) in [7, 11) is 1.37. The number of methoxy groups -OCH3 is 1. The molecule has 0 radical (unpaired) electrons. The quantitative estimate of drug-likeness (QED) is 0.877. The van der Waals surface area contributed by atoms with E-state index in [9.17, 15) is 4.79 Å². The molecule has 1 aromatic carbocycles. The molecule has 0 atom stereocenters. The molecule has 6 heteroatoms. The minimum atomic E-state index is -0.353. The van der Waals surface area contributed by atoms with E-state index in [4.69, 9.17) is 16.3 Å². The molecule has 1 aromatic heterocycles. The summed E-state index contributed by atoms with van der Waals surface area (Å²) in [5.41, 5.74) is 2.29. The number of halogens is 1. The zero-order chi connectivity index (χ0) is 13.8. The lowest BCUT2D eigenvalue weighted by molar-refractivity contribution is 0.0601. The zero-order valence-electron chi connectivity index (χ0n) is 10.6. The number of benzene rings is 1. The van der Waals surface area contributed by atoms with Gasteiger partial charge in [0.2, 0.25) is 0 Å². The van der Waals surface area contributed by atoms with E-state index in [1.165, 1.54) is 18.4 Å². The van der Waals surface area contributed by atoms with Crippen LogP contribution in [0.3, 0.4) is 0 Å². The van der Waals surface area contributed by atoms with Crippen LogP contribution in [0.1, 0.15) is 20.8 Å². The van der Waals surface area contributed by atoms with Crippen molar-refractivity contribution in [2.24, 2.45) is 0 Å². The van der Waals surface area contributed by atoms with Crippen molar-refractivity contribution in [3.05, 3.63) is 44.9 Å². The number of hydrogen-bond acceptors (Lipinski definition) is 5. The van der Waals surface area contributed by atoms with Gasteiger partial charge in [-0.3, -0.25) is 0 Å². The van der Waals surface area contributed by atoms with Gasteiger partial charge in [0.25, 0.3) is 0 Å². The van der Waals surface area contributed by atoms with E-state index in [2.05, 4.69) is 10.3 Å². The number of rotatable bonds is 4. The highest BCUT2D eigenvalue weighted by Crippen LogP contribution is 2.24. The van der Waals surface area contributed by atoms with Gasteiger partial charge in [0.15, 0.2) is 4.47 Å². The number of nitrogens with one attached hydrogen (secondary N) is 1. The van der Waals surface area contributed by atoms with Crippen molar-refractivity contribution in [1.29, 1.82) is 0 Å². The topological polar surface area (TPSA) is 51.2 Å². The summed E-state index contributed by atoms with van der Waals surface area (Å²) in [5, 5.41) is 3.24. The maximum Gasteiger partial charge on any atom is 0.339 e. The zero-order valence-corrected chi connectivity index (χ0v) is 12.1. The standard InChI is InChI=1S/C13H13ClN2O2S/c1-8-4-3-5-10(12(17)18-2)11(8)15-6-9-7-16-13(14)19-9/h3-5,7,15H,6H2,1-2H3. The Hall–Kier alpha value is -1.59. The number of nitrogens with zero attached hydrogens (tertiary/aromatic N) is 1. The maximum atomic E-state index is 11.7. The fraction of sp³-hybridized carbons (Fsp3) is 0.231. The van der Waals surface area contributed by atoms with Crippen LogP contribution in [0, 0.1) is 6.92 Å². The van der Waals surface area contributed by atoms with Crippen LogP contribution in [0.25, 0.3) is 0 Å². The molecule has 4 nitrogen and oxygen atoms in total. The van der Waals surface area contributed by atoms with Gasteiger partial charge >= 0.3 is 5.97 Å². The molecule has 1 heterocycles. The summed E-state index contributed by atoms with van der Waals surface area (Å²) in [5.74, 6) is -0.353. The number of carbonyl (C=O) groups is 1. The minimum absolute atomic E-state index is 0.353. The highest BCUT2D eigenvalue weighted by Gasteiger charge is 2.13. The predicted octanol–water partition coefficient (Wildman–Crippen LogP) is 3.50. The second-order valence-corrected chi connectivity index (χ2v) is 5.62. The predicted molar refractivity (Wildman–Crippen MR) is 77.0 cm³/mol. The van der Waals surface area contributed by atoms with Crippen LogP contribution in [0.15, 0.2) is 24.4 Å². The lowest BCUT2D eigenvalue weighted by Crippen LogP contribution is -2.09. The molecule has 0 saturated carbocycles. The number of hydrogen-bond donors (Lipinski definition) is 1. The first-order valence-electron chi connectivity index (χ1n) is 5.64. The third kappa shape index (κ3) is 3.24. The Bertz CT molecular complexity index is 598. The third-order valence-corrected chi connectivity index (χ3v) is 3.76. The average molecular weight is 297 g/mol. The van der Waals surface area contributed by atoms with Crippen LogP contribution in [0.2, 0.25) is 4.47 Å². The number of aromatic nitrogens is 1. The largest absolute Gasteiger partial charge is 0.465 e. The monoisotopic (exact) mass is 296 g/mol. The van der Waals surface area contributed by atoms with Gasteiger partial charge < -0.3 is 10.1 Å². The molecule has 2 rings (SSSR count). The molecule has 0 spiro atoms. The molecule has 19 heavy (non-hydrogen) atoms. The summed E-state index contributed by atoms with van der Waals surface area (Å²) in [6, 6.07) is 5.51. The summed E-state index contributed by atoms with van der Waals surface area (Å²) >= 11 is 7.19. The van der Waals surface area contributed by atoms with E-state index in [0.29, 0.717) is 16.6 Å². The van der Waals surface area contributed by atoms with Gasteiger partial charge in [-0.15, -0.1) is 11.3 Å². The van der Waals surface area contributed by atoms with E-state index in [0.717, 1.165) is 16.1 Å². The highest BCUT2D eigenvalue weighted by atomic mass is 35.5. The first-order valence-corrected chi connectivity index (χ1v) is 6.83. The van der Waals surface area contributed by atoms with Gasteiger partial charge in [-0.2, -0.15) is 0 Å². The van der Waals surface area contributed by atoms with E-state index in [1.807, 2.05) is 19.1 Å². The van der Waals surface area contributed by atoms with Crippen LogP contribution >= 0.6 is 22.9 Å². The second kappa shape index (κ2) is 6.04. The SMILES string of the molecule is COC(=O)c1cccc(C)c1NCc1cnc(Cl)s1. The summed E-state index contributed by atoms with van der Waals surface area (Å²) in [4.78, 5) is 16.7. The summed E-state index contributed by atoms with van der Waals surface area (Å²) in [6.45, 7) is 2.51. The molecule has 1 N–H and O–H groups in total. The minimum Gasteiger partial charge on any atom is -0.465 e. The molecule has 0 aliphatic carbocycles. The fourth-order valence-corrected chi connectivity index (χ4v) is 2.64. The average Bonchev–Trinajstić information content (AvgIpc) is 2.82. The Kier molecular flexibility index (Phi) is 4.39. The molecule has 0 aliphatic heterocycles. The number of esters is 1. The van der Waals surface area contributed by atoms with Gasteiger partial charge in [0, 0.05) is 11.1 Å². The highest BCUT2D eigenvalue weighted by molar-refractivity contribution is 7.15. The lowest BCUT2D eigenvalue weighted by Gasteiger charge is -2.12. The lowest BCUT2D eigenvalue weighted by atomic mass is 10.1. The number of para-hydroxylation sites is 1. The molecule has 100 valence electrons. The van der Waals surface area contributed by atoms with Crippen molar-refractivity contribution in [2.75, 3.05) is 12.4 Å². The molecular formula is C13H13ClN2O2S. The second-order valence-electron chi connectivity index (χ2n) is 3.92. The van der Waals surface area contributed by atoms with E-state index >= 15 is 0 Å². The summed E-state index contributed by atoms with van der Waals surface area (Å²) in [6.07, 6.45) is 1.72. The smallest absolute Gasteiger partial charge is 0.339 e. The molecule has 0 saturated heterocycles. The van der Waals surface area contributed by atoms with E-state index < -0.39 is 0 Å². The van der Waals surface area contributed by atoms with Crippen LogP contribution in [-0.2, 0) is 11.3 Å². The van der Waals surface area contributed by atoms with Crippen molar-refractivity contribution in [1.82, 2.24) is 4.98 Å². The van der Waals surface area contributed by atoms with Crippen molar-refractivity contribution in [3.63, 3.8) is 0 Å². The number of aryl methyl sites for hydroxylation is 1. The summed E-state index contributed by atoms with van der Waals surface area (Å²) < 4.78 is 5.29. The Morgan fingerprint density at radius 2 is 2.32 bits per heavy atom. The van der Waals surface area contributed by atoms with E-state index in [-0.39, 0.29) is 5.97 Å². The molecule has 0 aliphatic rings. The molecule has 0 amide bonds. The first-order chi connectivity index (χ1) is 9.11. The van der Waals surface area contributed by atoms with Gasteiger partial charge in [-0.05, 0) is 18.6 Å². The van der Waals surface area contributed by atoms with Crippen molar-refractivity contribution < 1.29 is 9.53 Å². The van der Waals surface area contributed by atoms with Crippen molar-refractivity contribution >= 4 is 34.6 Å². The van der Waals surface area contributed by atoms with Gasteiger partial charge in [0.1, 0.15) is 0 Å². The van der Waals surface area contributed by atoms with Crippen LogP contribution in [0.4, 0.5) is 5.69 Å². The molecule has 2 aromatic rings. The Balaban J connectivity index is 2.21.